The molecule has 0 radical (unpaired) electrons. The molecule has 0 unspecified atom stereocenters. The van der Waals surface area contributed by atoms with Crippen LogP contribution in [0, 0.1) is 10.1 Å². The number of benzene rings is 1. The predicted molar refractivity (Wildman–Crippen MR) is 68.9 cm³/mol. The molecule has 2 aromatic rings. The maximum Gasteiger partial charge on any atom is 0.315 e. The summed E-state index contributed by atoms with van der Waals surface area (Å²) in [6, 6.07) is 6.20. The highest BCUT2D eigenvalue weighted by Gasteiger charge is 2.18. The highest BCUT2D eigenvalue weighted by molar-refractivity contribution is 5.73. The summed E-state index contributed by atoms with van der Waals surface area (Å²) < 4.78 is 9.91. The van der Waals surface area contributed by atoms with Crippen LogP contribution >= 0.6 is 0 Å². The summed E-state index contributed by atoms with van der Waals surface area (Å²) in [6.45, 7) is 1.97. The first kappa shape index (κ1) is 13.7. The van der Waals surface area contributed by atoms with Gasteiger partial charge in [-0.3, -0.25) is 14.9 Å². The summed E-state index contributed by atoms with van der Waals surface area (Å²) >= 11 is 0. The second-order valence-corrected chi connectivity index (χ2v) is 3.88. The second-order valence-electron chi connectivity index (χ2n) is 3.88. The third-order valence-corrected chi connectivity index (χ3v) is 2.53. The van der Waals surface area contributed by atoms with Gasteiger partial charge in [0.2, 0.25) is 5.89 Å². The topological polar surface area (TPSA) is 95.5 Å². The maximum absolute atomic E-state index is 11.3. The Morgan fingerprint density at radius 1 is 1.45 bits per heavy atom. The lowest BCUT2D eigenvalue weighted by atomic mass is 10.1. The van der Waals surface area contributed by atoms with Gasteiger partial charge < -0.3 is 9.15 Å². The molecule has 0 atom stereocenters. The van der Waals surface area contributed by atoms with Crippen molar-refractivity contribution in [1.82, 2.24) is 4.98 Å². The zero-order chi connectivity index (χ0) is 14.5. The van der Waals surface area contributed by atoms with Crippen molar-refractivity contribution in [3.05, 3.63) is 46.5 Å². The quantitative estimate of drug-likeness (QED) is 0.472. The zero-order valence-electron chi connectivity index (χ0n) is 10.7. The molecule has 7 nitrogen and oxygen atoms in total. The number of carbonyl (C=O) groups excluding carboxylic acids is 1. The smallest absolute Gasteiger partial charge is 0.315 e. The molecule has 0 amide bonds. The van der Waals surface area contributed by atoms with Crippen molar-refractivity contribution in [3.63, 3.8) is 0 Å². The number of hydrogen-bond donors (Lipinski definition) is 0. The number of hydrogen-bond acceptors (Lipinski definition) is 6. The van der Waals surface area contributed by atoms with E-state index in [9.17, 15) is 14.9 Å². The third kappa shape index (κ3) is 3.00. The lowest BCUT2D eigenvalue weighted by Gasteiger charge is -1.98. The van der Waals surface area contributed by atoms with Gasteiger partial charge in [-0.1, -0.05) is 12.1 Å². The van der Waals surface area contributed by atoms with Crippen LogP contribution in [0.4, 0.5) is 5.69 Å². The van der Waals surface area contributed by atoms with Crippen LogP contribution in [0.1, 0.15) is 12.8 Å². The van der Waals surface area contributed by atoms with Crippen molar-refractivity contribution in [2.24, 2.45) is 0 Å². The van der Waals surface area contributed by atoms with Gasteiger partial charge in [0, 0.05) is 6.07 Å². The Hall–Kier alpha value is -2.70. The van der Waals surface area contributed by atoms with Crippen molar-refractivity contribution < 1.29 is 18.9 Å². The van der Waals surface area contributed by atoms with Crippen LogP contribution in [0.3, 0.4) is 0 Å². The van der Waals surface area contributed by atoms with E-state index in [0.29, 0.717) is 11.3 Å². The summed E-state index contributed by atoms with van der Waals surface area (Å²) in [7, 11) is 0. The van der Waals surface area contributed by atoms with Crippen molar-refractivity contribution in [2.75, 3.05) is 6.61 Å². The molecule has 0 saturated carbocycles. The van der Waals surface area contributed by atoms with Crippen molar-refractivity contribution in [1.29, 1.82) is 0 Å². The summed E-state index contributed by atoms with van der Waals surface area (Å²) in [5, 5.41) is 10.9. The van der Waals surface area contributed by atoms with Crippen LogP contribution in [0.5, 0.6) is 0 Å². The summed E-state index contributed by atoms with van der Waals surface area (Å²) in [5.41, 5.74) is 0.594. The van der Waals surface area contributed by atoms with E-state index in [-0.39, 0.29) is 24.6 Å². The number of carbonyl (C=O) groups is 1. The lowest BCUT2D eigenvalue weighted by molar-refractivity contribution is -0.384. The van der Waals surface area contributed by atoms with E-state index >= 15 is 0 Å². The van der Waals surface area contributed by atoms with Gasteiger partial charge in [0.1, 0.15) is 18.4 Å². The fourth-order valence-electron chi connectivity index (χ4n) is 1.70. The first-order chi connectivity index (χ1) is 9.61. The number of aromatic nitrogens is 1. The molecule has 1 aromatic carbocycles. The molecule has 7 heteroatoms. The van der Waals surface area contributed by atoms with Crippen LogP contribution in [0.25, 0.3) is 11.3 Å². The minimum absolute atomic E-state index is 0.0662. The fraction of sp³-hybridized carbons (Fsp3) is 0.231. The average Bonchev–Trinajstić information content (AvgIpc) is 2.87. The number of rotatable bonds is 5. The normalized spacial score (nSPS) is 10.2. The van der Waals surface area contributed by atoms with Crippen LogP contribution in [0.15, 0.2) is 34.9 Å². The van der Waals surface area contributed by atoms with Gasteiger partial charge in [0.05, 0.1) is 17.1 Å². The Kier molecular flexibility index (Phi) is 4.09. The molecule has 104 valence electrons. The Bertz CT molecular complexity index is 635. The summed E-state index contributed by atoms with van der Waals surface area (Å²) in [4.78, 5) is 25.8. The molecule has 0 aliphatic rings. The van der Waals surface area contributed by atoms with E-state index in [0.717, 1.165) is 0 Å². The zero-order valence-corrected chi connectivity index (χ0v) is 10.7. The van der Waals surface area contributed by atoms with E-state index in [2.05, 4.69) is 4.98 Å². The molecule has 0 bridgehead atoms. The molecule has 0 saturated heterocycles. The minimum Gasteiger partial charge on any atom is -0.466 e. The summed E-state index contributed by atoms with van der Waals surface area (Å²) in [6.07, 6.45) is 1.19. The van der Waals surface area contributed by atoms with Gasteiger partial charge >= 0.3 is 5.97 Å². The van der Waals surface area contributed by atoms with Crippen LogP contribution < -0.4 is 0 Å². The number of oxazole rings is 1. The van der Waals surface area contributed by atoms with Crippen LogP contribution in [-0.4, -0.2) is 22.5 Å². The van der Waals surface area contributed by atoms with Crippen LogP contribution in [0.2, 0.25) is 0 Å². The van der Waals surface area contributed by atoms with E-state index in [1.807, 2.05) is 0 Å². The highest BCUT2D eigenvalue weighted by atomic mass is 16.6. The predicted octanol–water partition coefficient (Wildman–Crippen LogP) is 2.36. The average molecular weight is 276 g/mol. The number of para-hydroxylation sites is 1. The monoisotopic (exact) mass is 276 g/mol. The van der Waals surface area contributed by atoms with Gasteiger partial charge in [0.15, 0.2) is 0 Å². The van der Waals surface area contributed by atoms with Crippen LogP contribution in [-0.2, 0) is 16.0 Å². The number of esters is 1. The van der Waals surface area contributed by atoms with Crippen molar-refractivity contribution >= 4 is 11.7 Å². The molecule has 1 aromatic heterocycles. The van der Waals surface area contributed by atoms with Crippen molar-refractivity contribution in [3.8, 4) is 11.3 Å². The number of nitrogens with zero attached hydrogens (tertiary/aromatic N) is 2. The minimum atomic E-state index is -0.491. The van der Waals surface area contributed by atoms with Gasteiger partial charge in [-0.15, -0.1) is 0 Å². The summed E-state index contributed by atoms with van der Waals surface area (Å²) in [5.74, 6) is -0.292. The first-order valence-electron chi connectivity index (χ1n) is 5.95. The molecule has 0 aliphatic carbocycles. The Morgan fingerprint density at radius 3 is 2.90 bits per heavy atom. The number of nitro benzene ring substituents is 1. The van der Waals surface area contributed by atoms with Crippen molar-refractivity contribution in [2.45, 2.75) is 13.3 Å². The van der Waals surface area contributed by atoms with Gasteiger partial charge in [0.25, 0.3) is 5.69 Å². The standard InChI is InChI=1S/C13H12N2O5/c1-2-19-13(16)7-12-14-10(8-20-12)9-5-3-4-6-11(9)15(17)18/h3-6,8H,2,7H2,1H3. The largest absolute Gasteiger partial charge is 0.466 e. The Labute approximate surface area is 114 Å². The number of ether oxygens (including phenoxy) is 1. The molecule has 1 heterocycles. The number of nitro groups is 1. The van der Waals surface area contributed by atoms with E-state index in [1.54, 1.807) is 25.1 Å². The molecular weight excluding hydrogens is 264 g/mol. The highest BCUT2D eigenvalue weighted by Crippen LogP contribution is 2.28. The van der Waals surface area contributed by atoms with E-state index in [4.69, 9.17) is 9.15 Å². The Balaban J connectivity index is 2.25. The van der Waals surface area contributed by atoms with Gasteiger partial charge in [-0.05, 0) is 13.0 Å². The first-order valence-corrected chi connectivity index (χ1v) is 5.95. The molecule has 2 rings (SSSR count). The molecule has 20 heavy (non-hydrogen) atoms. The fourth-order valence-corrected chi connectivity index (χ4v) is 1.70. The SMILES string of the molecule is CCOC(=O)Cc1nc(-c2ccccc2[N+](=O)[O-])co1. The lowest BCUT2D eigenvalue weighted by Crippen LogP contribution is -2.07. The van der Waals surface area contributed by atoms with E-state index in [1.165, 1.54) is 12.3 Å². The molecular formula is C13H12N2O5. The maximum atomic E-state index is 11.3. The Morgan fingerprint density at radius 2 is 2.20 bits per heavy atom. The van der Waals surface area contributed by atoms with Gasteiger partial charge in [-0.2, -0.15) is 0 Å². The van der Waals surface area contributed by atoms with Gasteiger partial charge in [-0.25, -0.2) is 4.98 Å². The molecule has 0 spiro atoms. The second kappa shape index (κ2) is 5.96. The molecule has 0 aliphatic heterocycles. The molecule has 0 fully saturated rings. The third-order valence-electron chi connectivity index (χ3n) is 2.53. The van der Waals surface area contributed by atoms with E-state index < -0.39 is 10.9 Å². The molecule has 0 N–H and O–H groups in total.